The average molecular weight is 480 g/mol. The predicted molar refractivity (Wildman–Crippen MR) is 124 cm³/mol. The minimum Gasteiger partial charge on any atom is -0.477 e. The lowest BCUT2D eigenvalue weighted by Gasteiger charge is -2.19. The minimum atomic E-state index is -1.52. The zero-order chi connectivity index (χ0) is 24.9. The van der Waals surface area contributed by atoms with Gasteiger partial charge in [-0.1, -0.05) is 12.1 Å². The number of aromatic carboxylic acids is 1. The molecule has 1 aliphatic heterocycles. The Labute approximate surface area is 197 Å². The molecule has 0 amide bonds. The first kappa shape index (κ1) is 22.7. The van der Waals surface area contributed by atoms with Gasteiger partial charge < -0.3 is 14.4 Å². The fourth-order valence-electron chi connectivity index (χ4n) is 4.57. The Bertz CT molecular complexity index is 1550. The van der Waals surface area contributed by atoms with Gasteiger partial charge in [-0.25, -0.2) is 18.0 Å². The first-order chi connectivity index (χ1) is 16.8. The molecule has 1 aromatic heterocycles. The number of nitrogens with zero attached hydrogens (tertiary/aromatic N) is 2. The maximum absolute atomic E-state index is 15.6. The third-order valence-electron chi connectivity index (χ3n) is 6.11. The molecule has 0 atom stereocenters. The van der Waals surface area contributed by atoms with E-state index in [9.17, 15) is 23.5 Å². The lowest BCUT2D eigenvalue weighted by atomic mass is 9.97. The molecule has 0 bridgehead atoms. The summed E-state index contributed by atoms with van der Waals surface area (Å²) >= 11 is 0. The molecule has 0 fully saturated rings. The molecule has 0 saturated carbocycles. The smallest absolute Gasteiger partial charge is 0.341 e. The van der Waals surface area contributed by atoms with Crippen LogP contribution >= 0.6 is 0 Å². The number of aromatic nitrogens is 1. The van der Waals surface area contributed by atoms with Crippen LogP contribution in [0.5, 0.6) is 5.75 Å². The van der Waals surface area contributed by atoms with E-state index >= 15 is 4.39 Å². The molecule has 9 heteroatoms. The van der Waals surface area contributed by atoms with E-state index in [0.717, 1.165) is 42.1 Å². The number of alkyl halides is 1. The molecule has 3 aromatic carbocycles. The highest BCUT2D eigenvalue weighted by Crippen LogP contribution is 2.41. The number of benzene rings is 3. The molecule has 1 aliphatic rings. The van der Waals surface area contributed by atoms with Crippen molar-refractivity contribution in [3.63, 3.8) is 0 Å². The maximum Gasteiger partial charge on any atom is 0.341 e. The van der Waals surface area contributed by atoms with Gasteiger partial charge >= 0.3 is 5.97 Å². The molecule has 0 saturated heterocycles. The second-order valence-electron chi connectivity index (χ2n) is 8.39. The summed E-state index contributed by atoms with van der Waals surface area (Å²) in [6.07, 6.45) is 1.05. The Morgan fingerprint density at radius 1 is 1.06 bits per heavy atom. The largest absolute Gasteiger partial charge is 0.477 e. The van der Waals surface area contributed by atoms with Gasteiger partial charge in [0.25, 0.3) is 0 Å². The van der Waals surface area contributed by atoms with Crippen LogP contribution in [0.4, 0.5) is 13.2 Å². The highest BCUT2D eigenvalue weighted by Gasteiger charge is 2.26. The lowest BCUT2D eigenvalue weighted by molar-refractivity contribution is 0.0695. The summed E-state index contributed by atoms with van der Waals surface area (Å²) in [5.74, 6) is -3.18. The van der Waals surface area contributed by atoms with Crippen molar-refractivity contribution in [2.75, 3.05) is 13.9 Å². The highest BCUT2D eigenvalue weighted by molar-refractivity contribution is 5.98. The van der Waals surface area contributed by atoms with Gasteiger partial charge in [-0.05, 0) is 60.1 Å². The van der Waals surface area contributed by atoms with Gasteiger partial charge in [0.15, 0.2) is 5.75 Å². The van der Waals surface area contributed by atoms with Gasteiger partial charge in [-0.15, -0.1) is 0 Å². The fourth-order valence-corrected chi connectivity index (χ4v) is 4.57. The van der Waals surface area contributed by atoms with E-state index in [-0.39, 0.29) is 27.9 Å². The molecule has 1 N–H and O–H groups in total. The van der Waals surface area contributed by atoms with E-state index in [4.69, 9.17) is 4.74 Å². The standard InChI is InChI=1S/C26H19F3N2O4/c1-30-10-15-3-2-14(8-16(15)11-30)22-21(29)9-19-23(25(22)35-13-27)31(12-20(24(19)32)26(33)34)18-6-4-17(28)5-7-18/h2-9,12H,10-11,13H2,1H3,(H,33,34). The first-order valence-corrected chi connectivity index (χ1v) is 10.7. The van der Waals surface area contributed by atoms with E-state index in [1.807, 2.05) is 13.1 Å². The number of halogens is 3. The van der Waals surface area contributed by atoms with Crippen molar-refractivity contribution in [3.8, 4) is 22.6 Å². The van der Waals surface area contributed by atoms with Crippen LogP contribution in [0.2, 0.25) is 0 Å². The van der Waals surface area contributed by atoms with Crippen LogP contribution in [0.25, 0.3) is 27.7 Å². The van der Waals surface area contributed by atoms with Crippen LogP contribution in [0.1, 0.15) is 21.5 Å². The van der Waals surface area contributed by atoms with Gasteiger partial charge in [0.05, 0.1) is 10.9 Å². The van der Waals surface area contributed by atoms with Gasteiger partial charge in [0.2, 0.25) is 12.3 Å². The van der Waals surface area contributed by atoms with Crippen molar-refractivity contribution >= 4 is 16.9 Å². The summed E-state index contributed by atoms with van der Waals surface area (Å²) in [6, 6.07) is 11.3. The Balaban J connectivity index is 1.89. The molecular formula is C26H19F3N2O4. The number of hydrogen-bond donors (Lipinski definition) is 1. The first-order valence-electron chi connectivity index (χ1n) is 10.7. The number of ether oxygens (including phenoxy) is 1. The number of rotatable bonds is 5. The lowest BCUT2D eigenvalue weighted by Crippen LogP contribution is -2.19. The molecule has 0 unspecified atom stereocenters. The van der Waals surface area contributed by atoms with Crippen LogP contribution in [0, 0.1) is 11.6 Å². The Morgan fingerprint density at radius 3 is 2.46 bits per heavy atom. The summed E-state index contributed by atoms with van der Waals surface area (Å²) in [7, 11) is 1.95. The SMILES string of the molecule is CN1Cc2ccc(-c3c(F)cc4c(=O)c(C(=O)O)cn(-c5ccc(F)cc5)c4c3OCF)cc2C1. The Hall–Kier alpha value is -4.11. The molecular weight excluding hydrogens is 461 g/mol. The van der Waals surface area contributed by atoms with Gasteiger partial charge in [0, 0.05) is 25.0 Å². The van der Waals surface area contributed by atoms with Crippen molar-refractivity contribution in [3.05, 3.63) is 93.3 Å². The van der Waals surface area contributed by atoms with Crippen molar-refractivity contribution in [2.45, 2.75) is 13.1 Å². The number of pyridine rings is 1. The zero-order valence-electron chi connectivity index (χ0n) is 18.5. The number of carboxylic acid groups (broad SMARTS) is 1. The van der Waals surface area contributed by atoms with Crippen molar-refractivity contribution in [1.82, 2.24) is 9.47 Å². The van der Waals surface area contributed by atoms with Gasteiger partial charge in [-0.3, -0.25) is 9.69 Å². The second kappa shape index (κ2) is 8.59. The predicted octanol–water partition coefficient (Wildman–Crippen LogP) is 4.89. The maximum atomic E-state index is 15.6. The van der Waals surface area contributed by atoms with E-state index in [2.05, 4.69) is 4.90 Å². The monoisotopic (exact) mass is 480 g/mol. The third-order valence-corrected chi connectivity index (χ3v) is 6.11. The molecule has 35 heavy (non-hydrogen) atoms. The third kappa shape index (κ3) is 3.83. The average Bonchev–Trinajstić information content (AvgIpc) is 3.19. The van der Waals surface area contributed by atoms with Crippen LogP contribution < -0.4 is 10.2 Å². The number of carbonyl (C=O) groups is 1. The molecule has 178 valence electrons. The molecule has 4 aromatic rings. The number of hydrogen-bond acceptors (Lipinski definition) is 4. The molecule has 6 nitrogen and oxygen atoms in total. The Kier molecular flexibility index (Phi) is 5.56. The summed E-state index contributed by atoms with van der Waals surface area (Å²) in [4.78, 5) is 26.8. The number of fused-ring (bicyclic) bond motifs is 2. The van der Waals surface area contributed by atoms with E-state index in [0.29, 0.717) is 12.1 Å². The molecule has 0 aliphatic carbocycles. The minimum absolute atomic E-state index is 0.0294. The fraction of sp³-hybridized carbons (Fsp3) is 0.154. The van der Waals surface area contributed by atoms with Gasteiger partial charge in [0.1, 0.15) is 22.7 Å². The summed E-state index contributed by atoms with van der Waals surface area (Å²) in [5.41, 5.74) is 1.09. The van der Waals surface area contributed by atoms with Crippen molar-refractivity contribution in [1.29, 1.82) is 0 Å². The van der Waals surface area contributed by atoms with E-state index in [1.54, 1.807) is 12.1 Å². The normalized spacial score (nSPS) is 13.3. The highest BCUT2D eigenvalue weighted by atomic mass is 19.1. The summed E-state index contributed by atoms with van der Waals surface area (Å²) in [6.45, 7) is 0.0726. The van der Waals surface area contributed by atoms with E-state index in [1.165, 1.54) is 16.7 Å². The number of carboxylic acids is 1. The molecule has 0 spiro atoms. The van der Waals surface area contributed by atoms with E-state index < -0.39 is 35.5 Å². The van der Waals surface area contributed by atoms with Crippen LogP contribution in [-0.4, -0.2) is 34.5 Å². The molecule has 5 rings (SSSR count). The quantitative estimate of drug-likeness (QED) is 0.441. The Morgan fingerprint density at radius 2 is 1.77 bits per heavy atom. The summed E-state index contributed by atoms with van der Waals surface area (Å²) < 4.78 is 49.3. The zero-order valence-corrected chi connectivity index (χ0v) is 18.5. The van der Waals surface area contributed by atoms with Crippen LogP contribution in [0.3, 0.4) is 0 Å². The van der Waals surface area contributed by atoms with Gasteiger partial charge in [-0.2, -0.15) is 0 Å². The molecule has 0 radical (unpaired) electrons. The second-order valence-corrected chi connectivity index (χ2v) is 8.39. The van der Waals surface area contributed by atoms with Crippen LogP contribution in [0.15, 0.2) is 59.5 Å². The topological polar surface area (TPSA) is 71.8 Å². The van der Waals surface area contributed by atoms with Crippen molar-refractivity contribution < 1.29 is 27.8 Å². The summed E-state index contributed by atoms with van der Waals surface area (Å²) in [5, 5.41) is 9.26. The van der Waals surface area contributed by atoms with Crippen molar-refractivity contribution in [2.24, 2.45) is 0 Å². The van der Waals surface area contributed by atoms with Crippen LogP contribution in [-0.2, 0) is 13.1 Å². The molecule has 2 heterocycles.